The molecule has 0 fully saturated rings. The number of carbonyl (C=O) groups excluding carboxylic acids is 1. The highest BCUT2D eigenvalue weighted by Crippen LogP contribution is 2.20. The Balaban J connectivity index is 1.56. The number of amides is 1. The van der Waals surface area contributed by atoms with Crippen molar-refractivity contribution in [3.63, 3.8) is 0 Å². The molecule has 130 valence electrons. The highest BCUT2D eigenvalue weighted by atomic mass is 16.3. The number of aryl methyl sites for hydroxylation is 2. The molecule has 0 aliphatic carbocycles. The molecule has 2 aromatic heterocycles. The lowest BCUT2D eigenvalue weighted by molar-refractivity contribution is 0.0720. The average molecular weight is 338 g/mol. The molecule has 6 nitrogen and oxygen atoms in total. The van der Waals surface area contributed by atoms with E-state index in [1.165, 1.54) is 5.56 Å². The molecule has 25 heavy (non-hydrogen) atoms. The molecular formula is C19H22N4O2. The highest BCUT2D eigenvalue weighted by Gasteiger charge is 2.23. The Kier molecular flexibility index (Phi) is 5.28. The number of rotatable bonds is 7. The molecule has 0 aliphatic rings. The van der Waals surface area contributed by atoms with E-state index in [2.05, 4.69) is 22.4 Å². The minimum atomic E-state index is -0.168. The molecule has 1 unspecified atom stereocenters. The van der Waals surface area contributed by atoms with Crippen molar-refractivity contribution in [3.8, 4) is 0 Å². The lowest BCUT2D eigenvalue weighted by Gasteiger charge is -2.22. The van der Waals surface area contributed by atoms with Gasteiger partial charge < -0.3 is 9.32 Å². The third-order valence-electron chi connectivity index (χ3n) is 4.31. The van der Waals surface area contributed by atoms with E-state index in [1.54, 1.807) is 29.1 Å². The number of nitrogens with zero attached hydrogens (tertiary/aromatic N) is 4. The van der Waals surface area contributed by atoms with E-state index in [-0.39, 0.29) is 11.9 Å². The molecule has 0 saturated carbocycles. The van der Waals surface area contributed by atoms with Crippen molar-refractivity contribution in [1.29, 1.82) is 0 Å². The fraction of sp³-hybridized carbons (Fsp3) is 0.316. The second-order valence-electron chi connectivity index (χ2n) is 6.06. The van der Waals surface area contributed by atoms with Crippen molar-refractivity contribution in [2.24, 2.45) is 0 Å². The predicted octanol–water partition coefficient (Wildman–Crippen LogP) is 3.34. The first-order valence-electron chi connectivity index (χ1n) is 8.40. The lowest BCUT2D eigenvalue weighted by atomic mass is 10.1. The molecule has 3 aromatic rings. The topological polar surface area (TPSA) is 64.2 Å². The predicted molar refractivity (Wildman–Crippen MR) is 94.0 cm³/mol. The summed E-state index contributed by atoms with van der Waals surface area (Å²) in [5.41, 5.74) is 1.64. The van der Waals surface area contributed by atoms with Crippen molar-refractivity contribution >= 4 is 5.91 Å². The van der Waals surface area contributed by atoms with E-state index in [9.17, 15) is 4.79 Å². The van der Waals surface area contributed by atoms with Crippen molar-refractivity contribution in [3.05, 3.63) is 71.9 Å². The quantitative estimate of drug-likeness (QED) is 0.663. The molecule has 0 bridgehead atoms. The van der Waals surface area contributed by atoms with Gasteiger partial charge in [-0.2, -0.15) is 0 Å². The van der Waals surface area contributed by atoms with E-state index >= 15 is 0 Å². The Morgan fingerprint density at radius 2 is 2.04 bits per heavy atom. The summed E-state index contributed by atoms with van der Waals surface area (Å²) in [7, 11) is 1.74. The van der Waals surface area contributed by atoms with Gasteiger partial charge in [0.1, 0.15) is 5.76 Å². The SMILES string of the molecule is CC(c1ccco1)N(C)C(=O)c1cn(CCCc2ccccc2)nn1. The van der Waals surface area contributed by atoms with Gasteiger partial charge in [-0.25, -0.2) is 0 Å². The second-order valence-corrected chi connectivity index (χ2v) is 6.06. The van der Waals surface area contributed by atoms with Crippen molar-refractivity contribution in [2.45, 2.75) is 32.4 Å². The number of furan rings is 1. The highest BCUT2D eigenvalue weighted by molar-refractivity contribution is 5.91. The van der Waals surface area contributed by atoms with Crippen LogP contribution in [0.5, 0.6) is 0 Å². The Labute approximate surface area is 147 Å². The summed E-state index contributed by atoms with van der Waals surface area (Å²) in [5, 5.41) is 8.09. The van der Waals surface area contributed by atoms with Crippen LogP contribution in [0.4, 0.5) is 0 Å². The first-order valence-corrected chi connectivity index (χ1v) is 8.40. The third kappa shape index (κ3) is 4.15. The molecule has 0 spiro atoms. The smallest absolute Gasteiger partial charge is 0.276 e. The molecule has 1 amide bonds. The fourth-order valence-electron chi connectivity index (χ4n) is 2.67. The van der Waals surface area contributed by atoms with Crippen LogP contribution in [0.15, 0.2) is 59.3 Å². The van der Waals surface area contributed by atoms with E-state index < -0.39 is 0 Å². The van der Waals surface area contributed by atoms with Crippen LogP contribution in [-0.2, 0) is 13.0 Å². The summed E-state index contributed by atoms with van der Waals surface area (Å²) < 4.78 is 7.09. The fourth-order valence-corrected chi connectivity index (χ4v) is 2.67. The number of hydrogen-bond donors (Lipinski definition) is 0. The first-order chi connectivity index (χ1) is 12.1. The van der Waals surface area contributed by atoms with E-state index in [4.69, 9.17) is 4.42 Å². The van der Waals surface area contributed by atoms with Crippen LogP contribution >= 0.6 is 0 Å². The maximum absolute atomic E-state index is 12.6. The molecular weight excluding hydrogens is 316 g/mol. The van der Waals surface area contributed by atoms with E-state index in [0.717, 1.165) is 25.1 Å². The molecule has 0 radical (unpaired) electrons. The summed E-state index contributed by atoms with van der Waals surface area (Å²) in [6.07, 6.45) is 5.23. The summed E-state index contributed by atoms with van der Waals surface area (Å²) in [5.74, 6) is 0.573. The third-order valence-corrected chi connectivity index (χ3v) is 4.31. The minimum Gasteiger partial charge on any atom is -0.467 e. The molecule has 1 atom stereocenters. The maximum Gasteiger partial charge on any atom is 0.276 e. The van der Waals surface area contributed by atoms with Gasteiger partial charge in [-0.3, -0.25) is 9.48 Å². The molecule has 0 N–H and O–H groups in total. The summed E-state index contributed by atoms with van der Waals surface area (Å²) in [6, 6.07) is 13.8. The molecule has 0 saturated heterocycles. The zero-order valence-electron chi connectivity index (χ0n) is 14.5. The second kappa shape index (κ2) is 7.79. The van der Waals surface area contributed by atoms with Crippen molar-refractivity contribution in [1.82, 2.24) is 19.9 Å². The van der Waals surface area contributed by atoms with E-state index in [0.29, 0.717) is 5.69 Å². The number of benzene rings is 1. The van der Waals surface area contributed by atoms with Gasteiger partial charge in [0.05, 0.1) is 18.5 Å². The van der Waals surface area contributed by atoms with E-state index in [1.807, 2.05) is 37.3 Å². The van der Waals surface area contributed by atoms with Crippen LogP contribution in [-0.4, -0.2) is 32.8 Å². The van der Waals surface area contributed by atoms with Gasteiger partial charge in [-0.05, 0) is 37.5 Å². The van der Waals surface area contributed by atoms with Crippen LogP contribution in [0, 0.1) is 0 Å². The average Bonchev–Trinajstić information content (AvgIpc) is 3.33. The van der Waals surface area contributed by atoms with Gasteiger partial charge in [-0.1, -0.05) is 35.5 Å². The van der Waals surface area contributed by atoms with Crippen LogP contribution in [0.2, 0.25) is 0 Å². The summed E-state index contributed by atoms with van der Waals surface area (Å²) in [4.78, 5) is 14.2. The number of aromatic nitrogens is 3. The Hall–Kier alpha value is -2.89. The first kappa shape index (κ1) is 17.0. The standard InChI is InChI=1S/C19H22N4O2/c1-15(18-11-7-13-25-18)22(2)19(24)17-14-23(21-20-17)12-6-10-16-8-4-3-5-9-16/h3-5,7-9,11,13-15H,6,10,12H2,1-2H3. The van der Waals surface area contributed by atoms with Crippen molar-refractivity contribution < 1.29 is 9.21 Å². The van der Waals surface area contributed by atoms with Crippen LogP contribution in [0.3, 0.4) is 0 Å². The summed E-state index contributed by atoms with van der Waals surface area (Å²) >= 11 is 0. The zero-order valence-corrected chi connectivity index (χ0v) is 14.5. The molecule has 2 heterocycles. The van der Waals surface area contributed by atoms with Crippen molar-refractivity contribution in [2.75, 3.05) is 7.05 Å². The van der Waals surface area contributed by atoms with Crippen LogP contribution in [0.1, 0.15) is 41.2 Å². The lowest BCUT2D eigenvalue weighted by Crippen LogP contribution is -2.29. The Bertz CT molecular complexity index is 796. The largest absolute Gasteiger partial charge is 0.467 e. The van der Waals surface area contributed by atoms with Gasteiger partial charge in [0.2, 0.25) is 0 Å². The molecule has 6 heteroatoms. The van der Waals surface area contributed by atoms with Gasteiger partial charge >= 0.3 is 0 Å². The Morgan fingerprint density at radius 1 is 1.24 bits per heavy atom. The number of carbonyl (C=O) groups is 1. The van der Waals surface area contributed by atoms with Crippen LogP contribution in [0.25, 0.3) is 0 Å². The van der Waals surface area contributed by atoms with Crippen LogP contribution < -0.4 is 0 Å². The Morgan fingerprint density at radius 3 is 2.76 bits per heavy atom. The van der Waals surface area contributed by atoms with Gasteiger partial charge in [0, 0.05) is 13.6 Å². The zero-order chi connectivity index (χ0) is 17.6. The summed E-state index contributed by atoms with van der Waals surface area (Å²) in [6.45, 7) is 2.65. The number of hydrogen-bond acceptors (Lipinski definition) is 4. The maximum atomic E-state index is 12.6. The van der Waals surface area contributed by atoms with Gasteiger partial charge in [0.25, 0.3) is 5.91 Å². The normalized spacial score (nSPS) is 12.1. The molecule has 3 rings (SSSR count). The molecule has 0 aliphatic heterocycles. The molecule has 1 aromatic carbocycles. The minimum absolute atomic E-state index is 0.161. The van der Waals surface area contributed by atoms with Gasteiger partial charge in [0.15, 0.2) is 5.69 Å². The van der Waals surface area contributed by atoms with Gasteiger partial charge in [-0.15, -0.1) is 5.10 Å². The monoisotopic (exact) mass is 338 g/mol.